The second kappa shape index (κ2) is 7.98. The van der Waals surface area contributed by atoms with Gasteiger partial charge in [0, 0.05) is 43.0 Å². The van der Waals surface area contributed by atoms with Crippen LogP contribution in [0.1, 0.15) is 63.4 Å². The zero-order valence-electron chi connectivity index (χ0n) is 22.2. The molecule has 4 fully saturated rings. The van der Waals surface area contributed by atoms with E-state index in [1.54, 1.807) is 0 Å². The Labute approximate surface area is 224 Å². The van der Waals surface area contributed by atoms with Gasteiger partial charge in [0.25, 0.3) is 0 Å². The van der Waals surface area contributed by atoms with Crippen LogP contribution in [-0.2, 0) is 4.74 Å². The van der Waals surface area contributed by atoms with Crippen LogP contribution in [0.2, 0.25) is 0 Å². The van der Waals surface area contributed by atoms with Gasteiger partial charge in [-0.05, 0) is 96.4 Å². The van der Waals surface area contributed by atoms with Crippen LogP contribution < -0.4 is 5.73 Å². The molecule has 2 saturated carbocycles. The number of hydrogen-bond donors (Lipinski definition) is 3. The largest absolute Gasteiger partial charge is 0.388 e. The van der Waals surface area contributed by atoms with Crippen molar-refractivity contribution in [2.45, 2.75) is 93.3 Å². The van der Waals surface area contributed by atoms with Gasteiger partial charge in [0.1, 0.15) is 6.10 Å². The summed E-state index contributed by atoms with van der Waals surface area (Å²) in [6.45, 7) is 4.15. The first kappa shape index (κ1) is 23.8. The Balaban J connectivity index is 1.16. The van der Waals surface area contributed by atoms with Crippen molar-refractivity contribution in [3.8, 4) is 0 Å². The predicted octanol–water partition coefficient (Wildman–Crippen LogP) is 3.82. The van der Waals surface area contributed by atoms with Gasteiger partial charge in [-0.2, -0.15) is 0 Å². The molecule has 6 aliphatic rings. The van der Waals surface area contributed by atoms with Gasteiger partial charge in [0.2, 0.25) is 0 Å². The molecular weight excluding hydrogens is 474 g/mol. The molecule has 2 saturated heterocycles. The zero-order valence-corrected chi connectivity index (χ0v) is 22.2. The standard InChI is InChI=1S/C32H39N3O3/c1-30-9-6-22-15-25-28(36)29(37)26(35-13-8-23(33)18-35)16-31(25)10-11-32(22,38-31)27(30)5-4-24(30)20-3-2-19-7-12-34-17-21(19)14-20/h2-3,6-7,12,14-15,17,23-24,26-29,36-37H,4-5,8-11,13,16,18,33H2,1H3/t23-,24-,26+,27-,28+,29-,30-,31-,32?/m1/s1. The molecule has 1 aromatic carbocycles. The first-order valence-corrected chi connectivity index (χ1v) is 14.7. The maximum absolute atomic E-state index is 11.4. The highest BCUT2D eigenvalue weighted by molar-refractivity contribution is 5.82. The second-order valence-electron chi connectivity index (χ2n) is 13.4. The highest BCUT2D eigenvalue weighted by Gasteiger charge is 2.68. The molecule has 2 bridgehead atoms. The number of rotatable bonds is 2. The number of aromatic nitrogens is 1. The molecule has 4 N–H and O–H groups in total. The minimum atomic E-state index is -0.890. The zero-order chi connectivity index (χ0) is 25.9. The third-order valence-corrected chi connectivity index (χ3v) is 11.6. The third-order valence-electron chi connectivity index (χ3n) is 11.6. The van der Waals surface area contributed by atoms with Crippen molar-refractivity contribution < 1.29 is 14.9 Å². The van der Waals surface area contributed by atoms with Crippen LogP contribution in [0.3, 0.4) is 0 Å². The number of fused-ring (bicyclic) bond motifs is 2. The first-order chi connectivity index (χ1) is 18.3. The number of allylic oxidation sites excluding steroid dienone is 1. The lowest BCUT2D eigenvalue weighted by Crippen LogP contribution is -2.62. The minimum absolute atomic E-state index is 0.115. The number of benzene rings is 1. The smallest absolute Gasteiger partial charge is 0.105 e. The summed E-state index contributed by atoms with van der Waals surface area (Å²) in [5.41, 5.74) is 9.14. The summed E-state index contributed by atoms with van der Waals surface area (Å²) < 4.78 is 7.37. The van der Waals surface area contributed by atoms with Crippen molar-refractivity contribution >= 4 is 10.8 Å². The van der Waals surface area contributed by atoms with E-state index in [2.05, 4.69) is 53.2 Å². The molecule has 4 heterocycles. The summed E-state index contributed by atoms with van der Waals surface area (Å²) >= 11 is 0. The average Bonchev–Trinajstić information content (AvgIpc) is 3.60. The van der Waals surface area contributed by atoms with E-state index in [9.17, 15) is 10.2 Å². The normalized spacial score (nSPS) is 45.9. The van der Waals surface area contributed by atoms with Crippen molar-refractivity contribution in [1.29, 1.82) is 0 Å². The van der Waals surface area contributed by atoms with Crippen LogP contribution >= 0.6 is 0 Å². The number of ether oxygens (including phenoxy) is 1. The number of likely N-dealkylation sites (tertiary alicyclic amines) is 1. The molecular formula is C32H39N3O3. The van der Waals surface area contributed by atoms with Crippen molar-refractivity contribution in [2.24, 2.45) is 17.1 Å². The van der Waals surface area contributed by atoms with Gasteiger partial charge >= 0.3 is 0 Å². The Kier molecular flexibility index (Phi) is 4.99. The van der Waals surface area contributed by atoms with Crippen LogP contribution in [0.5, 0.6) is 0 Å². The summed E-state index contributed by atoms with van der Waals surface area (Å²) in [6.07, 6.45) is 13.7. The van der Waals surface area contributed by atoms with E-state index in [4.69, 9.17) is 10.5 Å². The van der Waals surface area contributed by atoms with Crippen molar-refractivity contribution in [3.63, 3.8) is 0 Å². The Morgan fingerprint density at radius 2 is 2.00 bits per heavy atom. The summed E-state index contributed by atoms with van der Waals surface area (Å²) in [4.78, 5) is 6.67. The third kappa shape index (κ3) is 3.04. The Morgan fingerprint density at radius 3 is 2.84 bits per heavy atom. The van der Waals surface area contributed by atoms with E-state index in [0.29, 0.717) is 11.8 Å². The number of hydrogen-bond acceptors (Lipinski definition) is 6. The molecule has 1 aromatic heterocycles. The van der Waals surface area contributed by atoms with Crippen LogP contribution in [-0.4, -0.2) is 68.7 Å². The maximum atomic E-state index is 11.4. The minimum Gasteiger partial charge on any atom is -0.388 e. The number of nitrogens with zero attached hydrogens (tertiary/aromatic N) is 2. The predicted molar refractivity (Wildman–Crippen MR) is 146 cm³/mol. The summed E-state index contributed by atoms with van der Waals surface area (Å²) in [7, 11) is 0. The van der Waals surface area contributed by atoms with E-state index in [-0.39, 0.29) is 23.1 Å². The molecule has 0 radical (unpaired) electrons. The topological polar surface area (TPSA) is 91.8 Å². The van der Waals surface area contributed by atoms with Gasteiger partial charge in [-0.3, -0.25) is 9.88 Å². The fraction of sp³-hybridized carbons (Fsp3) is 0.594. The molecule has 2 aromatic rings. The number of pyridine rings is 1. The lowest BCUT2D eigenvalue weighted by Gasteiger charge is -2.56. The fourth-order valence-corrected chi connectivity index (χ4v) is 9.76. The number of aliphatic hydroxyl groups excluding tert-OH is 2. The van der Waals surface area contributed by atoms with Gasteiger partial charge in [0.15, 0.2) is 0 Å². The highest BCUT2D eigenvalue weighted by atomic mass is 16.5. The number of nitrogens with two attached hydrogens (primary N) is 1. The molecule has 1 unspecified atom stereocenters. The lowest BCUT2D eigenvalue weighted by atomic mass is 9.58. The van der Waals surface area contributed by atoms with Crippen molar-refractivity contribution in [2.75, 3.05) is 13.1 Å². The average molecular weight is 514 g/mol. The molecule has 3 aliphatic carbocycles. The molecule has 8 rings (SSSR count). The van der Waals surface area contributed by atoms with Crippen molar-refractivity contribution in [3.05, 3.63) is 65.5 Å². The fourth-order valence-electron chi connectivity index (χ4n) is 9.76. The maximum Gasteiger partial charge on any atom is 0.105 e. The molecule has 3 aliphatic heterocycles. The SMILES string of the molecule is C[C@]12CC=C3C=C4[C@H](O)[C@H](O)[C@@H](N5CC[C@@H](N)C5)C[C@]45CCC3(O5)[C@@H]1CC[C@@H]2c1ccc2ccncc2c1. The summed E-state index contributed by atoms with van der Waals surface area (Å²) in [5.74, 6) is 0.914. The molecule has 2 spiro atoms. The van der Waals surface area contributed by atoms with Gasteiger partial charge in [0.05, 0.1) is 17.3 Å². The van der Waals surface area contributed by atoms with Gasteiger partial charge in [-0.1, -0.05) is 31.2 Å². The van der Waals surface area contributed by atoms with E-state index >= 15 is 0 Å². The molecule has 200 valence electrons. The molecule has 6 heteroatoms. The Hall–Kier alpha value is -2.09. The molecule has 9 atom stereocenters. The molecule has 0 amide bonds. The summed E-state index contributed by atoms with van der Waals surface area (Å²) in [5, 5.41) is 25.1. The van der Waals surface area contributed by atoms with Crippen LogP contribution in [0.15, 0.2) is 60.0 Å². The van der Waals surface area contributed by atoms with Gasteiger partial charge in [-0.15, -0.1) is 0 Å². The summed E-state index contributed by atoms with van der Waals surface area (Å²) in [6, 6.07) is 9.06. The van der Waals surface area contributed by atoms with Gasteiger partial charge < -0.3 is 20.7 Å². The lowest BCUT2D eigenvalue weighted by molar-refractivity contribution is -0.167. The quantitative estimate of drug-likeness (QED) is 0.566. The van der Waals surface area contributed by atoms with Crippen LogP contribution in [0, 0.1) is 11.3 Å². The molecule has 38 heavy (non-hydrogen) atoms. The van der Waals surface area contributed by atoms with E-state index in [1.807, 2.05) is 12.4 Å². The first-order valence-electron chi connectivity index (χ1n) is 14.7. The van der Waals surface area contributed by atoms with E-state index in [1.165, 1.54) is 28.3 Å². The van der Waals surface area contributed by atoms with Crippen LogP contribution in [0.4, 0.5) is 0 Å². The highest BCUT2D eigenvalue weighted by Crippen LogP contribution is 2.69. The van der Waals surface area contributed by atoms with E-state index < -0.39 is 17.8 Å². The monoisotopic (exact) mass is 513 g/mol. The Morgan fingerprint density at radius 1 is 1.11 bits per heavy atom. The second-order valence-corrected chi connectivity index (χ2v) is 13.4. The molecule has 6 nitrogen and oxygen atoms in total. The Bertz CT molecular complexity index is 1370. The number of aliphatic hydroxyl groups is 2. The van der Waals surface area contributed by atoms with Crippen LogP contribution in [0.25, 0.3) is 10.8 Å². The van der Waals surface area contributed by atoms with Gasteiger partial charge in [-0.25, -0.2) is 0 Å². The van der Waals surface area contributed by atoms with E-state index in [0.717, 1.165) is 57.2 Å². The van der Waals surface area contributed by atoms with Crippen molar-refractivity contribution in [1.82, 2.24) is 9.88 Å².